The lowest BCUT2D eigenvalue weighted by Gasteiger charge is -2.31. The molecule has 1 amide bonds. The summed E-state index contributed by atoms with van der Waals surface area (Å²) in [6, 6.07) is 10.7. The van der Waals surface area contributed by atoms with E-state index in [1.54, 1.807) is 12.1 Å². The molecule has 1 aliphatic rings. The van der Waals surface area contributed by atoms with Gasteiger partial charge in [-0.1, -0.05) is 12.1 Å². The number of nitrogens with one attached hydrogen (secondary N) is 1. The van der Waals surface area contributed by atoms with Gasteiger partial charge in [0, 0.05) is 19.2 Å². The van der Waals surface area contributed by atoms with Crippen molar-refractivity contribution in [1.82, 2.24) is 5.32 Å². The van der Waals surface area contributed by atoms with Crippen molar-refractivity contribution >= 4 is 37.1 Å². The summed E-state index contributed by atoms with van der Waals surface area (Å²) < 4.78 is 51.9. The second kappa shape index (κ2) is 8.25. The lowest BCUT2D eigenvalue weighted by molar-refractivity contribution is -0.119. The highest BCUT2D eigenvalue weighted by Crippen LogP contribution is 2.31. The highest BCUT2D eigenvalue weighted by Gasteiger charge is 2.45. The fourth-order valence-electron chi connectivity index (χ4n) is 3.28. The van der Waals surface area contributed by atoms with E-state index in [9.17, 15) is 26.7 Å². The lowest BCUT2D eigenvalue weighted by Crippen LogP contribution is -2.47. The average Bonchev–Trinajstić information content (AvgIpc) is 2.94. The number of aliphatic hydroxyl groups is 1. The lowest BCUT2D eigenvalue weighted by atomic mass is 10.2. The SMILES string of the molecule is CC(=O)NCc1ccc(S(=O)(=O)N(c2ccc(N)cc2)[C@H]2CS(=O)(=O)C[C@H]2O)cc1. The van der Waals surface area contributed by atoms with Crippen molar-refractivity contribution in [1.29, 1.82) is 0 Å². The van der Waals surface area contributed by atoms with Crippen molar-refractivity contribution in [2.24, 2.45) is 0 Å². The van der Waals surface area contributed by atoms with Crippen LogP contribution < -0.4 is 15.4 Å². The van der Waals surface area contributed by atoms with Crippen LogP contribution in [0.2, 0.25) is 0 Å². The Kier molecular flexibility index (Phi) is 6.06. The largest absolute Gasteiger partial charge is 0.399 e. The third-order valence-corrected chi connectivity index (χ3v) is 8.33. The highest BCUT2D eigenvalue weighted by atomic mass is 32.2. The Morgan fingerprint density at radius 3 is 2.23 bits per heavy atom. The number of amides is 1. The maximum absolute atomic E-state index is 13.5. The Morgan fingerprint density at radius 2 is 1.73 bits per heavy atom. The average molecular weight is 454 g/mol. The van der Waals surface area contributed by atoms with Crippen molar-refractivity contribution < 1.29 is 26.7 Å². The van der Waals surface area contributed by atoms with Gasteiger partial charge in [-0.25, -0.2) is 16.8 Å². The van der Waals surface area contributed by atoms with Gasteiger partial charge in [-0.3, -0.25) is 9.10 Å². The van der Waals surface area contributed by atoms with Gasteiger partial charge in [-0.05, 0) is 42.0 Å². The van der Waals surface area contributed by atoms with Crippen LogP contribution in [0.4, 0.5) is 11.4 Å². The molecule has 1 heterocycles. The molecule has 2 aromatic rings. The van der Waals surface area contributed by atoms with E-state index >= 15 is 0 Å². The number of sulfone groups is 1. The Labute approximate surface area is 175 Å². The molecular weight excluding hydrogens is 430 g/mol. The molecule has 30 heavy (non-hydrogen) atoms. The second-order valence-electron chi connectivity index (χ2n) is 7.16. The number of nitrogen functional groups attached to an aromatic ring is 1. The van der Waals surface area contributed by atoms with Crippen LogP contribution in [0.15, 0.2) is 53.4 Å². The number of rotatable bonds is 6. The van der Waals surface area contributed by atoms with E-state index in [0.717, 1.165) is 4.31 Å². The third-order valence-electron chi connectivity index (χ3n) is 4.76. The summed E-state index contributed by atoms with van der Waals surface area (Å²) in [5.41, 5.74) is 7.01. The molecule has 3 rings (SSSR count). The number of carbonyl (C=O) groups is 1. The quantitative estimate of drug-likeness (QED) is 0.532. The van der Waals surface area contributed by atoms with Crippen LogP contribution in [0.3, 0.4) is 0 Å². The second-order valence-corrected chi connectivity index (χ2v) is 11.1. The molecule has 2 aromatic carbocycles. The summed E-state index contributed by atoms with van der Waals surface area (Å²) in [5.74, 6) is -1.20. The number of nitrogens with zero attached hydrogens (tertiary/aromatic N) is 1. The predicted octanol–water partition coefficient (Wildman–Crippen LogP) is 0.258. The number of hydrogen-bond donors (Lipinski definition) is 3. The first-order valence-electron chi connectivity index (χ1n) is 9.11. The summed E-state index contributed by atoms with van der Waals surface area (Å²) in [5, 5.41) is 13.0. The molecule has 0 bridgehead atoms. The van der Waals surface area contributed by atoms with E-state index in [2.05, 4.69) is 5.32 Å². The summed E-state index contributed by atoms with van der Waals surface area (Å²) >= 11 is 0. The van der Waals surface area contributed by atoms with Crippen molar-refractivity contribution in [2.45, 2.75) is 30.5 Å². The Hall–Kier alpha value is -2.63. The van der Waals surface area contributed by atoms with Gasteiger partial charge in [0.1, 0.15) is 0 Å². The van der Waals surface area contributed by atoms with Gasteiger partial charge in [0.05, 0.1) is 34.2 Å². The molecule has 0 saturated carbocycles. The molecule has 4 N–H and O–H groups in total. The van der Waals surface area contributed by atoms with E-state index < -0.39 is 43.5 Å². The molecule has 0 aliphatic carbocycles. The number of hydrogen-bond acceptors (Lipinski definition) is 7. The van der Waals surface area contributed by atoms with Crippen LogP contribution in [0.25, 0.3) is 0 Å². The first-order valence-corrected chi connectivity index (χ1v) is 12.4. The molecular formula is C19H23N3O6S2. The van der Waals surface area contributed by atoms with Crippen molar-refractivity contribution in [3.8, 4) is 0 Å². The number of nitrogens with two attached hydrogens (primary N) is 1. The molecule has 0 aromatic heterocycles. The molecule has 0 spiro atoms. The molecule has 1 fully saturated rings. The smallest absolute Gasteiger partial charge is 0.264 e. The summed E-state index contributed by atoms with van der Waals surface area (Å²) in [7, 11) is -7.79. The van der Waals surface area contributed by atoms with E-state index in [-0.39, 0.29) is 23.0 Å². The fourth-order valence-corrected chi connectivity index (χ4v) is 6.83. The zero-order valence-electron chi connectivity index (χ0n) is 16.2. The molecule has 0 unspecified atom stereocenters. The zero-order chi connectivity index (χ0) is 22.1. The fraction of sp³-hybridized carbons (Fsp3) is 0.316. The van der Waals surface area contributed by atoms with E-state index in [4.69, 9.17) is 5.73 Å². The first kappa shape index (κ1) is 22.1. The topological polar surface area (TPSA) is 147 Å². The van der Waals surface area contributed by atoms with Crippen LogP contribution in [-0.4, -0.2) is 51.5 Å². The van der Waals surface area contributed by atoms with Crippen LogP contribution in [0.1, 0.15) is 12.5 Å². The molecule has 0 radical (unpaired) electrons. The van der Waals surface area contributed by atoms with Gasteiger partial charge < -0.3 is 16.2 Å². The first-order chi connectivity index (χ1) is 14.0. The molecule has 2 atom stereocenters. The number of anilines is 2. The van der Waals surface area contributed by atoms with E-state index in [0.29, 0.717) is 11.3 Å². The van der Waals surface area contributed by atoms with Crippen molar-refractivity contribution in [2.75, 3.05) is 21.5 Å². The maximum atomic E-state index is 13.5. The predicted molar refractivity (Wildman–Crippen MR) is 113 cm³/mol. The number of aliphatic hydroxyl groups excluding tert-OH is 1. The van der Waals surface area contributed by atoms with Gasteiger partial charge in [0.2, 0.25) is 5.91 Å². The summed E-state index contributed by atoms with van der Waals surface area (Å²) in [6.45, 7) is 1.63. The normalized spacial score (nSPS) is 20.6. The van der Waals surface area contributed by atoms with Crippen LogP contribution in [-0.2, 0) is 31.2 Å². The molecule has 11 heteroatoms. The van der Waals surface area contributed by atoms with Crippen LogP contribution in [0, 0.1) is 0 Å². The standard InChI is InChI=1S/C19H23N3O6S2/c1-13(23)21-10-14-2-8-17(9-3-14)30(27,28)22(16-6-4-15(20)5-7-16)18-11-29(25,26)12-19(18)24/h2-9,18-19,24H,10-12,20H2,1H3,(H,21,23)/t18-,19+/m0/s1. The van der Waals surface area contributed by atoms with Crippen LogP contribution in [0.5, 0.6) is 0 Å². The van der Waals surface area contributed by atoms with Gasteiger partial charge in [-0.15, -0.1) is 0 Å². The van der Waals surface area contributed by atoms with Gasteiger partial charge in [0.15, 0.2) is 9.84 Å². The van der Waals surface area contributed by atoms with Gasteiger partial charge >= 0.3 is 0 Å². The maximum Gasteiger partial charge on any atom is 0.264 e. The van der Waals surface area contributed by atoms with Crippen molar-refractivity contribution in [3.63, 3.8) is 0 Å². The van der Waals surface area contributed by atoms with Crippen LogP contribution >= 0.6 is 0 Å². The number of sulfonamides is 1. The monoisotopic (exact) mass is 453 g/mol. The van der Waals surface area contributed by atoms with Gasteiger partial charge in [0.25, 0.3) is 10.0 Å². The molecule has 162 valence electrons. The van der Waals surface area contributed by atoms with Crippen molar-refractivity contribution in [3.05, 3.63) is 54.1 Å². The summed E-state index contributed by atoms with van der Waals surface area (Å²) in [4.78, 5) is 11.0. The summed E-state index contributed by atoms with van der Waals surface area (Å²) in [6.07, 6.45) is -1.36. The number of carbonyl (C=O) groups excluding carboxylic acids is 1. The molecule has 9 nitrogen and oxygen atoms in total. The minimum Gasteiger partial charge on any atom is -0.399 e. The van der Waals surface area contributed by atoms with Gasteiger partial charge in [-0.2, -0.15) is 0 Å². The minimum atomic E-state index is -4.20. The number of benzene rings is 2. The Balaban J connectivity index is 2.02. The van der Waals surface area contributed by atoms with E-state index in [1.807, 2.05) is 0 Å². The Morgan fingerprint density at radius 1 is 1.13 bits per heavy atom. The minimum absolute atomic E-state index is 0.0672. The highest BCUT2D eigenvalue weighted by molar-refractivity contribution is 7.93. The zero-order valence-corrected chi connectivity index (χ0v) is 17.9. The molecule has 1 aliphatic heterocycles. The third kappa shape index (κ3) is 4.74. The molecule has 1 saturated heterocycles. The Bertz CT molecular complexity index is 1130. The van der Waals surface area contributed by atoms with E-state index in [1.165, 1.54) is 43.3 Å².